The molecule has 0 saturated carbocycles. The lowest BCUT2D eigenvalue weighted by atomic mass is 9.95. The Morgan fingerprint density at radius 2 is 1.74 bits per heavy atom. The molecule has 2 aromatic carbocycles. The van der Waals surface area contributed by atoms with Crippen LogP contribution in [-0.2, 0) is 9.53 Å². The Kier molecular flexibility index (Phi) is 8.60. The molecule has 0 radical (unpaired) electrons. The summed E-state index contributed by atoms with van der Waals surface area (Å²) in [5, 5.41) is 0. The van der Waals surface area contributed by atoms with E-state index in [1.165, 1.54) is 11.3 Å². The predicted octanol–water partition coefficient (Wildman–Crippen LogP) is 3.72. The van der Waals surface area contributed by atoms with Gasteiger partial charge in [-0.1, -0.05) is 23.5 Å². The first-order valence-electron chi connectivity index (χ1n) is 13.1. The van der Waals surface area contributed by atoms with Crippen LogP contribution in [0.4, 0.5) is 11.4 Å². The number of rotatable bonds is 9. The normalized spacial score (nSPS) is 15.1. The van der Waals surface area contributed by atoms with Crippen LogP contribution in [0.5, 0.6) is 5.75 Å². The van der Waals surface area contributed by atoms with Crippen molar-refractivity contribution in [1.82, 2.24) is 4.57 Å². The third kappa shape index (κ3) is 5.49. The van der Waals surface area contributed by atoms with Crippen LogP contribution in [0.1, 0.15) is 44.9 Å². The van der Waals surface area contributed by atoms with Gasteiger partial charge in [0.15, 0.2) is 4.80 Å². The molecule has 9 heteroatoms. The van der Waals surface area contributed by atoms with Crippen LogP contribution < -0.4 is 29.4 Å². The van der Waals surface area contributed by atoms with Crippen molar-refractivity contribution in [3.05, 3.63) is 84.5 Å². The molecule has 1 atom stereocenters. The molecule has 1 aliphatic heterocycles. The van der Waals surface area contributed by atoms with E-state index >= 15 is 0 Å². The van der Waals surface area contributed by atoms with Crippen molar-refractivity contribution >= 4 is 34.8 Å². The molecule has 206 valence electrons. The summed E-state index contributed by atoms with van der Waals surface area (Å²) in [6.45, 7) is 9.78. The van der Waals surface area contributed by atoms with E-state index in [1.54, 1.807) is 25.5 Å². The number of esters is 1. The van der Waals surface area contributed by atoms with Crippen molar-refractivity contribution in [2.24, 2.45) is 4.99 Å². The number of hydrogen-bond acceptors (Lipinski definition) is 8. The molecular weight excluding hydrogens is 512 g/mol. The van der Waals surface area contributed by atoms with Gasteiger partial charge in [-0.3, -0.25) is 9.36 Å². The average Bonchev–Trinajstić information content (AvgIpc) is 3.23. The van der Waals surface area contributed by atoms with Crippen molar-refractivity contribution in [2.45, 2.75) is 33.7 Å². The molecule has 39 heavy (non-hydrogen) atoms. The van der Waals surface area contributed by atoms with Crippen LogP contribution in [0.2, 0.25) is 0 Å². The topological polar surface area (TPSA) is 76.4 Å². The second-order valence-electron chi connectivity index (χ2n) is 9.39. The van der Waals surface area contributed by atoms with Gasteiger partial charge in [-0.05, 0) is 63.6 Å². The van der Waals surface area contributed by atoms with E-state index in [9.17, 15) is 9.59 Å². The van der Waals surface area contributed by atoms with Crippen molar-refractivity contribution in [3.8, 4) is 5.75 Å². The third-order valence-electron chi connectivity index (χ3n) is 6.87. The maximum absolute atomic E-state index is 13.9. The summed E-state index contributed by atoms with van der Waals surface area (Å²) >= 11 is 1.30. The van der Waals surface area contributed by atoms with E-state index in [0.29, 0.717) is 26.4 Å². The molecule has 3 aromatic rings. The van der Waals surface area contributed by atoms with Gasteiger partial charge in [0, 0.05) is 50.2 Å². The summed E-state index contributed by atoms with van der Waals surface area (Å²) in [5.41, 5.74) is 4.39. The van der Waals surface area contributed by atoms with Gasteiger partial charge in [0.25, 0.3) is 5.56 Å². The third-order valence-corrected chi connectivity index (χ3v) is 7.86. The maximum Gasteiger partial charge on any atom is 0.338 e. The first-order valence-corrected chi connectivity index (χ1v) is 14.0. The number of carbonyl (C=O) groups is 1. The lowest BCUT2D eigenvalue weighted by Crippen LogP contribution is -2.40. The van der Waals surface area contributed by atoms with Crippen molar-refractivity contribution in [2.75, 3.05) is 50.7 Å². The lowest BCUT2D eigenvalue weighted by Gasteiger charge is -2.25. The monoisotopic (exact) mass is 548 g/mol. The minimum atomic E-state index is -0.648. The Morgan fingerprint density at radius 3 is 2.33 bits per heavy atom. The average molecular weight is 549 g/mol. The second-order valence-corrected chi connectivity index (χ2v) is 10.4. The van der Waals surface area contributed by atoms with Gasteiger partial charge in [-0.15, -0.1) is 0 Å². The van der Waals surface area contributed by atoms with Gasteiger partial charge in [-0.25, -0.2) is 9.79 Å². The van der Waals surface area contributed by atoms with E-state index in [4.69, 9.17) is 9.47 Å². The summed E-state index contributed by atoms with van der Waals surface area (Å²) in [4.78, 5) is 36.5. The number of hydrogen-bond donors (Lipinski definition) is 0. The molecule has 0 unspecified atom stereocenters. The Bertz CT molecular complexity index is 1560. The zero-order valence-corrected chi connectivity index (χ0v) is 24.5. The van der Waals surface area contributed by atoms with E-state index in [-0.39, 0.29) is 12.2 Å². The van der Waals surface area contributed by atoms with Gasteiger partial charge in [0.1, 0.15) is 5.75 Å². The Hall–Kier alpha value is -3.85. The molecule has 0 fully saturated rings. The first kappa shape index (κ1) is 28.2. The van der Waals surface area contributed by atoms with Gasteiger partial charge in [0.2, 0.25) is 0 Å². The minimum Gasteiger partial charge on any atom is -0.496 e. The fraction of sp³-hybridized carbons (Fsp3) is 0.367. The van der Waals surface area contributed by atoms with Crippen molar-refractivity contribution in [1.29, 1.82) is 0 Å². The second kappa shape index (κ2) is 11.9. The number of nitrogens with zero attached hydrogens (tertiary/aromatic N) is 4. The molecule has 4 rings (SSSR count). The van der Waals surface area contributed by atoms with Crippen LogP contribution in [-0.4, -0.2) is 51.4 Å². The summed E-state index contributed by atoms with van der Waals surface area (Å²) in [7, 11) is 5.57. The van der Waals surface area contributed by atoms with Crippen LogP contribution in [0.25, 0.3) is 6.08 Å². The smallest absolute Gasteiger partial charge is 0.338 e. The van der Waals surface area contributed by atoms with Crippen LogP contribution in [0.15, 0.2) is 63.5 Å². The highest BCUT2D eigenvalue weighted by Gasteiger charge is 2.33. The molecule has 2 heterocycles. The summed E-state index contributed by atoms with van der Waals surface area (Å²) in [6.07, 6.45) is 1.84. The maximum atomic E-state index is 13.9. The zero-order valence-electron chi connectivity index (χ0n) is 23.6. The molecule has 1 aromatic heterocycles. The van der Waals surface area contributed by atoms with Crippen LogP contribution in [0, 0.1) is 0 Å². The minimum absolute atomic E-state index is 0.218. The van der Waals surface area contributed by atoms with Gasteiger partial charge in [0.05, 0.1) is 35.6 Å². The SMILES string of the molecule is CCOC(=O)C1=C(C)N=c2s/c(=C\c3ccc(N(CC)CC)cc3OC)c(=O)n2[C@H]1c1ccc(N(C)C)cc1. The molecule has 0 bridgehead atoms. The van der Waals surface area contributed by atoms with E-state index < -0.39 is 12.0 Å². The fourth-order valence-electron chi connectivity index (χ4n) is 4.81. The fourth-order valence-corrected chi connectivity index (χ4v) is 5.84. The number of thiazole rings is 1. The number of fused-ring (bicyclic) bond motifs is 1. The quantitative estimate of drug-likeness (QED) is 0.380. The lowest BCUT2D eigenvalue weighted by molar-refractivity contribution is -0.139. The predicted molar refractivity (Wildman–Crippen MR) is 158 cm³/mol. The molecule has 8 nitrogen and oxygen atoms in total. The van der Waals surface area contributed by atoms with Crippen LogP contribution in [0.3, 0.4) is 0 Å². The molecule has 1 aliphatic rings. The number of ether oxygens (including phenoxy) is 2. The summed E-state index contributed by atoms with van der Waals surface area (Å²) < 4.78 is 13.2. The number of anilines is 2. The highest BCUT2D eigenvalue weighted by atomic mass is 32.1. The summed E-state index contributed by atoms with van der Waals surface area (Å²) in [5.74, 6) is 0.216. The standard InChI is InChI=1S/C30H36N4O4S/c1-8-33(9-2)23-16-13-21(24(18-23)37-7)17-25-28(35)34-27(20-11-14-22(15-12-20)32(5)6)26(29(36)38-10-3)19(4)31-30(34)39-25/h11-18,27H,8-10H2,1-7H3/b25-17-/t27-/m0/s1. The Balaban J connectivity index is 1.89. The number of benzene rings is 2. The molecule has 0 spiro atoms. The number of carbonyl (C=O) groups excluding carboxylic acids is 1. The molecule has 0 saturated heterocycles. The van der Waals surface area contributed by atoms with E-state index in [0.717, 1.165) is 35.6 Å². The van der Waals surface area contributed by atoms with Gasteiger partial charge >= 0.3 is 5.97 Å². The Labute approximate surface area is 233 Å². The number of aromatic nitrogens is 1. The van der Waals surface area contributed by atoms with Gasteiger partial charge in [-0.2, -0.15) is 0 Å². The Morgan fingerprint density at radius 1 is 1.08 bits per heavy atom. The molecule has 0 amide bonds. The van der Waals surface area contributed by atoms with Crippen molar-refractivity contribution < 1.29 is 14.3 Å². The highest BCUT2D eigenvalue weighted by Crippen LogP contribution is 2.32. The molecule has 0 N–H and O–H groups in total. The molecule has 0 aliphatic carbocycles. The number of methoxy groups -OCH3 is 1. The van der Waals surface area contributed by atoms with Gasteiger partial charge < -0.3 is 19.3 Å². The molecular formula is C30H36N4O4S. The van der Waals surface area contributed by atoms with Crippen molar-refractivity contribution in [3.63, 3.8) is 0 Å². The van der Waals surface area contributed by atoms with E-state index in [1.807, 2.05) is 67.5 Å². The van der Waals surface area contributed by atoms with Crippen LogP contribution >= 0.6 is 11.3 Å². The number of allylic oxidation sites excluding steroid dienone is 1. The largest absolute Gasteiger partial charge is 0.496 e. The summed E-state index contributed by atoms with van der Waals surface area (Å²) in [6, 6.07) is 13.2. The highest BCUT2D eigenvalue weighted by molar-refractivity contribution is 7.07. The zero-order chi connectivity index (χ0) is 28.3. The van der Waals surface area contributed by atoms with E-state index in [2.05, 4.69) is 23.7 Å². The first-order chi connectivity index (χ1) is 18.7.